The van der Waals surface area contributed by atoms with Gasteiger partial charge in [0.05, 0.1) is 25.2 Å². The first kappa shape index (κ1) is 16.1. The fourth-order valence-electron chi connectivity index (χ4n) is 2.56. The van der Waals surface area contributed by atoms with E-state index < -0.39 is 9.84 Å². The fourth-order valence-corrected chi connectivity index (χ4v) is 4.69. The van der Waals surface area contributed by atoms with Gasteiger partial charge in [0.1, 0.15) is 0 Å². The molecule has 1 atom stereocenters. The first-order valence-electron chi connectivity index (χ1n) is 7.13. The summed E-state index contributed by atoms with van der Waals surface area (Å²) in [5, 5.41) is 3.36. The Morgan fingerprint density at radius 1 is 1.33 bits per heavy atom. The van der Waals surface area contributed by atoms with Crippen LogP contribution in [0.3, 0.4) is 0 Å². The van der Waals surface area contributed by atoms with Crippen LogP contribution in [0.5, 0.6) is 11.5 Å². The Kier molecular flexibility index (Phi) is 4.78. The molecule has 5 nitrogen and oxygen atoms in total. The van der Waals surface area contributed by atoms with Gasteiger partial charge < -0.3 is 14.8 Å². The van der Waals surface area contributed by atoms with E-state index >= 15 is 0 Å². The topological polar surface area (TPSA) is 64.6 Å². The van der Waals surface area contributed by atoms with Gasteiger partial charge in [0.2, 0.25) is 0 Å². The second-order valence-corrected chi connectivity index (χ2v) is 7.86. The second-order valence-electron chi connectivity index (χ2n) is 5.67. The van der Waals surface area contributed by atoms with Gasteiger partial charge in [-0.25, -0.2) is 8.42 Å². The van der Waals surface area contributed by atoms with Crippen LogP contribution < -0.4 is 14.8 Å². The molecule has 1 saturated heterocycles. The minimum Gasteiger partial charge on any atom is -0.493 e. The summed E-state index contributed by atoms with van der Waals surface area (Å²) in [5.74, 6) is 1.89. The van der Waals surface area contributed by atoms with Gasteiger partial charge in [-0.3, -0.25) is 0 Å². The molecule has 0 amide bonds. The van der Waals surface area contributed by atoms with Gasteiger partial charge in [-0.05, 0) is 38.0 Å². The number of benzene rings is 1. The smallest absolute Gasteiger partial charge is 0.161 e. The van der Waals surface area contributed by atoms with Gasteiger partial charge in [-0.2, -0.15) is 0 Å². The van der Waals surface area contributed by atoms with Gasteiger partial charge in [0.15, 0.2) is 21.3 Å². The monoisotopic (exact) mass is 313 g/mol. The van der Waals surface area contributed by atoms with Gasteiger partial charge in [-0.15, -0.1) is 0 Å². The van der Waals surface area contributed by atoms with Crippen molar-refractivity contribution in [2.75, 3.05) is 25.2 Å². The van der Waals surface area contributed by atoms with E-state index in [4.69, 9.17) is 9.47 Å². The van der Waals surface area contributed by atoms with Crippen LogP contribution in [0.25, 0.3) is 0 Å². The first-order chi connectivity index (χ1) is 9.87. The van der Waals surface area contributed by atoms with Crippen LogP contribution in [-0.4, -0.2) is 39.2 Å². The van der Waals surface area contributed by atoms with E-state index in [2.05, 4.69) is 5.32 Å². The van der Waals surface area contributed by atoms with Crippen molar-refractivity contribution in [3.05, 3.63) is 23.8 Å². The molecule has 0 aliphatic carbocycles. The molecule has 118 valence electrons. The van der Waals surface area contributed by atoms with Crippen LogP contribution in [-0.2, 0) is 16.4 Å². The maximum Gasteiger partial charge on any atom is 0.161 e. The fraction of sp³-hybridized carbons (Fsp3) is 0.600. The molecule has 0 spiro atoms. The summed E-state index contributed by atoms with van der Waals surface area (Å²) in [4.78, 5) is 0. The third-order valence-electron chi connectivity index (χ3n) is 3.75. The van der Waals surface area contributed by atoms with Gasteiger partial charge in [-0.1, -0.05) is 6.07 Å². The quantitative estimate of drug-likeness (QED) is 0.867. The Bertz CT molecular complexity index is 600. The lowest BCUT2D eigenvalue weighted by Crippen LogP contribution is -2.42. The van der Waals surface area contributed by atoms with Crippen molar-refractivity contribution in [3.8, 4) is 11.5 Å². The van der Waals surface area contributed by atoms with Crippen molar-refractivity contribution in [2.24, 2.45) is 0 Å². The number of methoxy groups -OCH3 is 1. The summed E-state index contributed by atoms with van der Waals surface area (Å²) in [6.45, 7) is 5.07. The lowest BCUT2D eigenvalue weighted by Gasteiger charge is -2.24. The summed E-state index contributed by atoms with van der Waals surface area (Å²) >= 11 is 0. The molecule has 0 radical (unpaired) electrons. The number of rotatable bonds is 6. The van der Waals surface area contributed by atoms with E-state index in [1.54, 1.807) is 7.11 Å². The summed E-state index contributed by atoms with van der Waals surface area (Å²) in [6, 6.07) is 5.76. The minimum absolute atomic E-state index is 0.203. The zero-order chi connectivity index (χ0) is 15.5. The van der Waals surface area contributed by atoms with Gasteiger partial charge in [0.25, 0.3) is 0 Å². The van der Waals surface area contributed by atoms with Crippen molar-refractivity contribution < 1.29 is 17.9 Å². The van der Waals surface area contributed by atoms with E-state index in [-0.39, 0.29) is 17.0 Å². The Morgan fingerprint density at radius 3 is 2.67 bits per heavy atom. The van der Waals surface area contributed by atoms with Crippen LogP contribution in [0.4, 0.5) is 0 Å². The van der Waals surface area contributed by atoms with E-state index in [9.17, 15) is 8.42 Å². The lowest BCUT2D eigenvalue weighted by atomic mass is 10.0. The highest BCUT2D eigenvalue weighted by molar-refractivity contribution is 7.91. The predicted molar refractivity (Wildman–Crippen MR) is 82.7 cm³/mol. The summed E-state index contributed by atoms with van der Waals surface area (Å²) in [7, 11) is -1.28. The normalized spacial score (nSPS) is 24.0. The average molecular weight is 313 g/mol. The molecule has 1 aliphatic rings. The SMILES string of the molecule is CCOc1cc(CNC2(C)CCS(=O)(=O)C2)ccc1OC. The molecule has 0 saturated carbocycles. The third kappa shape index (κ3) is 4.11. The van der Waals surface area contributed by atoms with Crippen LogP contribution in [0.2, 0.25) is 0 Å². The number of nitrogens with one attached hydrogen (secondary N) is 1. The van der Waals surface area contributed by atoms with Crippen LogP contribution in [0.1, 0.15) is 25.8 Å². The molecule has 1 fully saturated rings. The zero-order valence-electron chi connectivity index (χ0n) is 12.8. The molecular weight excluding hydrogens is 290 g/mol. The maximum absolute atomic E-state index is 11.6. The Balaban J connectivity index is 2.05. The van der Waals surface area contributed by atoms with Crippen molar-refractivity contribution in [3.63, 3.8) is 0 Å². The van der Waals surface area contributed by atoms with Crippen LogP contribution in [0, 0.1) is 0 Å². The van der Waals surface area contributed by atoms with Crippen molar-refractivity contribution in [2.45, 2.75) is 32.4 Å². The van der Waals surface area contributed by atoms with E-state index in [1.165, 1.54) is 0 Å². The molecule has 6 heteroatoms. The van der Waals surface area contributed by atoms with E-state index in [0.29, 0.717) is 31.1 Å². The average Bonchev–Trinajstić information content (AvgIpc) is 2.72. The molecule has 1 N–H and O–H groups in total. The maximum atomic E-state index is 11.6. The van der Waals surface area contributed by atoms with E-state index in [1.807, 2.05) is 32.0 Å². The Morgan fingerprint density at radius 2 is 2.10 bits per heavy atom. The molecule has 1 aliphatic heterocycles. The Labute approximate surface area is 126 Å². The van der Waals surface area contributed by atoms with Gasteiger partial charge >= 0.3 is 0 Å². The highest BCUT2D eigenvalue weighted by atomic mass is 32.2. The zero-order valence-corrected chi connectivity index (χ0v) is 13.6. The molecule has 2 rings (SSSR count). The minimum atomic E-state index is -2.89. The highest BCUT2D eigenvalue weighted by Gasteiger charge is 2.37. The molecular formula is C15H23NO4S. The molecule has 0 aromatic heterocycles. The van der Waals surface area contributed by atoms with Crippen molar-refractivity contribution in [1.82, 2.24) is 5.32 Å². The molecule has 0 bridgehead atoms. The third-order valence-corrected chi connectivity index (χ3v) is 5.65. The molecule has 1 unspecified atom stereocenters. The largest absolute Gasteiger partial charge is 0.493 e. The first-order valence-corrected chi connectivity index (χ1v) is 8.95. The predicted octanol–water partition coefficient (Wildman–Crippen LogP) is 1.76. The van der Waals surface area contributed by atoms with Gasteiger partial charge in [0, 0.05) is 12.1 Å². The number of ether oxygens (including phenoxy) is 2. The molecule has 21 heavy (non-hydrogen) atoms. The second kappa shape index (κ2) is 6.23. The van der Waals surface area contributed by atoms with Crippen LogP contribution in [0.15, 0.2) is 18.2 Å². The number of hydrogen-bond acceptors (Lipinski definition) is 5. The summed E-state index contributed by atoms with van der Waals surface area (Å²) in [6.07, 6.45) is 0.657. The molecule has 1 aromatic rings. The number of sulfone groups is 1. The highest BCUT2D eigenvalue weighted by Crippen LogP contribution is 2.29. The van der Waals surface area contributed by atoms with Crippen molar-refractivity contribution in [1.29, 1.82) is 0 Å². The molecule has 1 heterocycles. The summed E-state index contributed by atoms with van der Waals surface area (Å²) in [5.41, 5.74) is 0.703. The standard InChI is InChI=1S/C15H23NO4S/c1-4-20-14-9-12(5-6-13(14)19-3)10-16-15(2)7-8-21(17,18)11-15/h5-6,9,16H,4,7-8,10-11H2,1-3H3. The lowest BCUT2D eigenvalue weighted by molar-refractivity contribution is 0.310. The van der Waals surface area contributed by atoms with E-state index in [0.717, 1.165) is 5.56 Å². The number of hydrogen-bond donors (Lipinski definition) is 1. The summed E-state index contributed by atoms with van der Waals surface area (Å²) < 4.78 is 34.0. The van der Waals surface area contributed by atoms with Crippen LogP contribution >= 0.6 is 0 Å². The molecule has 1 aromatic carbocycles. The Hall–Kier alpha value is -1.27. The van der Waals surface area contributed by atoms with Crippen molar-refractivity contribution >= 4 is 9.84 Å².